The molecule has 0 radical (unpaired) electrons. The fourth-order valence-corrected chi connectivity index (χ4v) is 1.46. The predicted octanol–water partition coefficient (Wildman–Crippen LogP) is 3.06. The van der Waals surface area contributed by atoms with Gasteiger partial charge in [0.25, 0.3) is 0 Å². The Morgan fingerprint density at radius 2 is 2.00 bits per heavy atom. The Bertz CT molecular complexity index is 502. The number of aromatic nitrogens is 2. The van der Waals surface area contributed by atoms with Crippen molar-refractivity contribution in [2.24, 2.45) is 0 Å². The molecule has 0 N–H and O–H groups in total. The van der Waals surface area contributed by atoms with Gasteiger partial charge in [0.2, 0.25) is 5.88 Å². The Kier molecular flexibility index (Phi) is 3.32. The average molecular weight is 232 g/mol. The van der Waals surface area contributed by atoms with Crippen molar-refractivity contribution in [3.63, 3.8) is 0 Å². The highest BCUT2D eigenvalue weighted by molar-refractivity contribution is 5.22. The van der Waals surface area contributed by atoms with Gasteiger partial charge in [-0.25, -0.2) is 9.37 Å². The Balaban J connectivity index is 2.13. The van der Waals surface area contributed by atoms with Gasteiger partial charge in [-0.2, -0.15) is 0 Å². The maximum Gasteiger partial charge on any atom is 0.214 e. The number of hydrogen-bond donors (Lipinski definition) is 0. The molecular formula is C13H13FN2O. The van der Waals surface area contributed by atoms with E-state index in [1.807, 2.05) is 19.1 Å². The third-order valence-electron chi connectivity index (χ3n) is 2.49. The van der Waals surface area contributed by atoms with E-state index in [4.69, 9.17) is 4.74 Å². The number of rotatable bonds is 3. The third-order valence-corrected chi connectivity index (χ3v) is 2.49. The second kappa shape index (κ2) is 4.91. The number of ether oxygens (including phenoxy) is 1. The van der Waals surface area contributed by atoms with E-state index in [0.717, 1.165) is 5.56 Å². The molecule has 2 rings (SSSR count). The van der Waals surface area contributed by atoms with Gasteiger partial charge in [0.1, 0.15) is 11.9 Å². The zero-order chi connectivity index (χ0) is 12.3. The summed E-state index contributed by atoms with van der Waals surface area (Å²) < 4.78 is 18.7. The quantitative estimate of drug-likeness (QED) is 0.815. The fourth-order valence-electron chi connectivity index (χ4n) is 1.46. The Morgan fingerprint density at radius 1 is 1.29 bits per heavy atom. The molecule has 88 valence electrons. The molecule has 0 aliphatic heterocycles. The second-order valence-electron chi connectivity index (χ2n) is 3.81. The minimum absolute atomic E-state index is 0.143. The summed E-state index contributed by atoms with van der Waals surface area (Å²) in [5.41, 5.74) is 1.53. The average Bonchev–Trinajstić information content (AvgIpc) is 2.35. The molecule has 0 saturated heterocycles. The first-order valence-corrected chi connectivity index (χ1v) is 5.35. The number of halogens is 1. The third kappa shape index (κ3) is 2.78. The Hall–Kier alpha value is -1.97. The predicted molar refractivity (Wildman–Crippen MR) is 62.2 cm³/mol. The van der Waals surface area contributed by atoms with Gasteiger partial charge in [-0.05, 0) is 37.1 Å². The van der Waals surface area contributed by atoms with Crippen LogP contribution in [0.15, 0.2) is 36.8 Å². The lowest BCUT2D eigenvalue weighted by atomic mass is 10.2. The number of hydrogen-bond acceptors (Lipinski definition) is 3. The van der Waals surface area contributed by atoms with Crippen LogP contribution in [0.1, 0.15) is 24.2 Å². The number of pyridine rings is 2. The van der Waals surface area contributed by atoms with Crippen LogP contribution >= 0.6 is 0 Å². The molecule has 0 aromatic carbocycles. The van der Waals surface area contributed by atoms with Crippen LogP contribution in [0.3, 0.4) is 0 Å². The number of nitrogens with zero attached hydrogens (tertiary/aromatic N) is 2. The molecule has 0 aliphatic carbocycles. The molecule has 0 spiro atoms. The lowest BCUT2D eigenvalue weighted by Gasteiger charge is -2.14. The van der Waals surface area contributed by atoms with Gasteiger partial charge in [-0.3, -0.25) is 4.98 Å². The van der Waals surface area contributed by atoms with Crippen LogP contribution < -0.4 is 4.74 Å². The van der Waals surface area contributed by atoms with Crippen LogP contribution in [0.2, 0.25) is 0 Å². The van der Waals surface area contributed by atoms with Gasteiger partial charge in [-0.15, -0.1) is 0 Å². The van der Waals surface area contributed by atoms with Gasteiger partial charge in [0.15, 0.2) is 0 Å². The molecular weight excluding hydrogens is 219 g/mol. The first-order chi connectivity index (χ1) is 8.16. The highest BCUT2D eigenvalue weighted by Gasteiger charge is 2.08. The summed E-state index contributed by atoms with van der Waals surface area (Å²) in [4.78, 5) is 7.83. The van der Waals surface area contributed by atoms with Crippen LogP contribution in [0.5, 0.6) is 5.88 Å². The monoisotopic (exact) mass is 232 g/mol. The van der Waals surface area contributed by atoms with Gasteiger partial charge in [-0.1, -0.05) is 0 Å². The lowest BCUT2D eigenvalue weighted by molar-refractivity contribution is 0.216. The molecule has 1 atom stereocenters. The van der Waals surface area contributed by atoms with E-state index < -0.39 is 0 Å². The van der Waals surface area contributed by atoms with Crippen molar-refractivity contribution in [2.45, 2.75) is 20.0 Å². The van der Waals surface area contributed by atoms with E-state index in [1.54, 1.807) is 25.4 Å². The summed E-state index contributed by atoms with van der Waals surface area (Å²) in [6, 6.07) is 5.34. The summed E-state index contributed by atoms with van der Waals surface area (Å²) in [6.45, 7) is 3.59. The van der Waals surface area contributed by atoms with Gasteiger partial charge in [0, 0.05) is 18.5 Å². The maximum atomic E-state index is 13.0. The van der Waals surface area contributed by atoms with Crippen molar-refractivity contribution in [3.05, 3.63) is 53.7 Å². The van der Waals surface area contributed by atoms with Crippen LogP contribution in [-0.2, 0) is 0 Å². The van der Waals surface area contributed by atoms with Gasteiger partial charge < -0.3 is 4.74 Å². The summed E-state index contributed by atoms with van der Waals surface area (Å²) in [7, 11) is 0. The maximum absolute atomic E-state index is 13.0. The molecule has 0 amide bonds. The fraction of sp³-hybridized carbons (Fsp3) is 0.231. The van der Waals surface area contributed by atoms with Crippen molar-refractivity contribution in [1.82, 2.24) is 9.97 Å². The molecule has 0 bridgehead atoms. The van der Waals surface area contributed by atoms with Gasteiger partial charge in [0.05, 0.1) is 6.20 Å². The topological polar surface area (TPSA) is 35.0 Å². The molecule has 2 heterocycles. The molecule has 0 saturated carbocycles. The van der Waals surface area contributed by atoms with E-state index >= 15 is 0 Å². The van der Waals surface area contributed by atoms with Crippen LogP contribution in [-0.4, -0.2) is 9.97 Å². The molecule has 2 aromatic rings. The molecule has 3 nitrogen and oxygen atoms in total. The Labute approximate surface area is 99.3 Å². The summed E-state index contributed by atoms with van der Waals surface area (Å²) >= 11 is 0. The van der Waals surface area contributed by atoms with E-state index in [9.17, 15) is 4.39 Å². The minimum Gasteiger partial charge on any atom is -0.470 e. The standard InChI is InChI=1S/C13H13FN2O/c1-9-7-13(16-8-12(9)14)17-10(2)11-3-5-15-6-4-11/h3-8,10H,1-2H3. The van der Waals surface area contributed by atoms with E-state index in [2.05, 4.69) is 9.97 Å². The molecule has 0 aliphatic rings. The minimum atomic E-state index is -0.325. The zero-order valence-electron chi connectivity index (χ0n) is 9.72. The largest absolute Gasteiger partial charge is 0.470 e. The number of aryl methyl sites for hydroxylation is 1. The van der Waals surface area contributed by atoms with Crippen molar-refractivity contribution in [3.8, 4) is 5.88 Å². The first kappa shape index (κ1) is 11.5. The molecule has 2 aromatic heterocycles. The molecule has 17 heavy (non-hydrogen) atoms. The van der Waals surface area contributed by atoms with Crippen LogP contribution in [0.4, 0.5) is 4.39 Å². The van der Waals surface area contributed by atoms with Crippen LogP contribution in [0.25, 0.3) is 0 Å². The molecule has 1 unspecified atom stereocenters. The lowest BCUT2D eigenvalue weighted by Crippen LogP contribution is -2.04. The van der Waals surface area contributed by atoms with Crippen molar-refractivity contribution in [1.29, 1.82) is 0 Å². The van der Waals surface area contributed by atoms with Crippen LogP contribution in [0, 0.1) is 12.7 Å². The van der Waals surface area contributed by atoms with E-state index in [1.165, 1.54) is 6.20 Å². The molecule has 4 heteroatoms. The highest BCUT2D eigenvalue weighted by atomic mass is 19.1. The molecule has 0 fully saturated rings. The Morgan fingerprint density at radius 3 is 2.65 bits per heavy atom. The second-order valence-corrected chi connectivity index (χ2v) is 3.81. The normalized spacial score (nSPS) is 12.2. The van der Waals surface area contributed by atoms with E-state index in [0.29, 0.717) is 11.4 Å². The summed E-state index contributed by atoms with van der Waals surface area (Å²) in [5, 5.41) is 0. The highest BCUT2D eigenvalue weighted by Crippen LogP contribution is 2.20. The SMILES string of the molecule is Cc1cc(OC(C)c2ccncc2)ncc1F. The van der Waals surface area contributed by atoms with E-state index in [-0.39, 0.29) is 11.9 Å². The summed E-state index contributed by atoms with van der Waals surface area (Å²) in [5.74, 6) is 0.0992. The van der Waals surface area contributed by atoms with Crippen molar-refractivity contribution in [2.75, 3.05) is 0 Å². The zero-order valence-corrected chi connectivity index (χ0v) is 9.72. The first-order valence-electron chi connectivity index (χ1n) is 5.35. The van der Waals surface area contributed by atoms with Crippen molar-refractivity contribution < 1.29 is 9.13 Å². The van der Waals surface area contributed by atoms with Crippen molar-refractivity contribution >= 4 is 0 Å². The summed E-state index contributed by atoms with van der Waals surface area (Å²) in [6.07, 6.45) is 4.44. The van der Waals surface area contributed by atoms with Gasteiger partial charge >= 0.3 is 0 Å². The smallest absolute Gasteiger partial charge is 0.214 e.